The van der Waals surface area contributed by atoms with Gasteiger partial charge in [0.05, 0.1) is 0 Å². The van der Waals surface area contributed by atoms with E-state index in [4.69, 9.17) is 0 Å². The Hall–Kier alpha value is -2.36. The van der Waals surface area contributed by atoms with Crippen LogP contribution in [0.3, 0.4) is 0 Å². The maximum absolute atomic E-state index is 12.6. The van der Waals surface area contributed by atoms with Crippen LogP contribution in [0.1, 0.15) is 40.6 Å². The molecule has 4 heteroatoms. The number of aromatic amines is 2. The van der Waals surface area contributed by atoms with E-state index in [0.29, 0.717) is 23.7 Å². The van der Waals surface area contributed by atoms with Gasteiger partial charge in [-0.05, 0) is 41.2 Å². The van der Waals surface area contributed by atoms with Crippen molar-refractivity contribution in [3.8, 4) is 0 Å². The number of hydrogen-bond acceptors (Lipinski definition) is 2. The molecule has 1 fully saturated rings. The average molecular weight is 304 g/mol. The maximum Gasteiger partial charge on any atom is 0.325 e. The van der Waals surface area contributed by atoms with E-state index in [0.717, 1.165) is 11.3 Å². The zero-order chi connectivity index (χ0) is 15.3. The van der Waals surface area contributed by atoms with Gasteiger partial charge in [0, 0.05) is 23.1 Å². The maximum atomic E-state index is 12.6. The Labute approximate surface area is 132 Å². The summed E-state index contributed by atoms with van der Waals surface area (Å²) in [6.45, 7) is 0. The van der Waals surface area contributed by atoms with Crippen LogP contribution >= 0.6 is 0 Å². The molecule has 4 bridgehead atoms. The van der Waals surface area contributed by atoms with Gasteiger partial charge in [-0.25, -0.2) is 4.79 Å². The number of benzene rings is 1. The normalized spacial score (nSPS) is 37.6. The monoisotopic (exact) mass is 304 g/mol. The van der Waals surface area contributed by atoms with Crippen molar-refractivity contribution in [3.05, 3.63) is 79.6 Å². The number of aromatic nitrogens is 2. The van der Waals surface area contributed by atoms with Gasteiger partial charge in [-0.1, -0.05) is 36.4 Å². The van der Waals surface area contributed by atoms with Gasteiger partial charge in [0.25, 0.3) is 5.56 Å². The van der Waals surface area contributed by atoms with Crippen molar-refractivity contribution in [2.45, 2.75) is 18.3 Å². The number of H-pyrrole nitrogens is 2. The third-order valence-electron chi connectivity index (χ3n) is 6.65. The van der Waals surface area contributed by atoms with Gasteiger partial charge in [0.1, 0.15) is 0 Å². The summed E-state index contributed by atoms with van der Waals surface area (Å²) in [6, 6.07) is 8.49. The fraction of sp³-hybridized carbons (Fsp3) is 0.368. The van der Waals surface area contributed by atoms with E-state index < -0.39 is 0 Å². The minimum absolute atomic E-state index is 0.122. The number of rotatable bonds is 0. The quantitative estimate of drug-likeness (QED) is 0.732. The highest BCUT2D eigenvalue weighted by Gasteiger charge is 2.59. The average Bonchev–Trinajstić information content (AvgIpc) is 3.16. The highest BCUT2D eigenvalue weighted by atomic mass is 16.2. The van der Waals surface area contributed by atoms with Crippen molar-refractivity contribution in [3.63, 3.8) is 0 Å². The topological polar surface area (TPSA) is 65.7 Å². The van der Waals surface area contributed by atoms with E-state index in [2.05, 4.69) is 46.4 Å². The van der Waals surface area contributed by atoms with Crippen molar-refractivity contribution in [2.24, 2.45) is 23.7 Å². The summed E-state index contributed by atoms with van der Waals surface area (Å²) in [5, 5.41) is 0. The summed E-state index contributed by atoms with van der Waals surface area (Å²) >= 11 is 0. The highest BCUT2D eigenvalue weighted by Crippen LogP contribution is 2.67. The minimum Gasteiger partial charge on any atom is -0.310 e. The van der Waals surface area contributed by atoms with Crippen LogP contribution in [0.25, 0.3) is 0 Å². The summed E-state index contributed by atoms with van der Waals surface area (Å²) in [5.41, 5.74) is 3.73. The lowest BCUT2D eigenvalue weighted by Gasteiger charge is -2.50. The standard InChI is InChI=1S/C19H16N2O2/c22-18-16-14-10-3-1-2-4-11(10)15(17(16)20-19(23)21-18)13-9-6-5-8(7-9)12(13)14/h1-6,8-9,12-15H,7H2,(H2,20,21,22,23)/t8-,9+,12+,13-,14+,15-/m0/s1. The molecule has 1 heterocycles. The third kappa shape index (κ3) is 1.26. The predicted octanol–water partition coefficient (Wildman–Crippen LogP) is 2.09. The molecular weight excluding hydrogens is 288 g/mol. The van der Waals surface area contributed by atoms with Crippen molar-refractivity contribution >= 4 is 0 Å². The van der Waals surface area contributed by atoms with Gasteiger partial charge in [-0.2, -0.15) is 0 Å². The van der Waals surface area contributed by atoms with Gasteiger partial charge in [-0.3, -0.25) is 9.78 Å². The number of nitrogens with one attached hydrogen (secondary N) is 2. The first-order valence-electron chi connectivity index (χ1n) is 8.37. The van der Waals surface area contributed by atoms with Crippen LogP contribution < -0.4 is 11.2 Å². The SMILES string of the molecule is O=c1[nH]c2c(c(=O)[nH]1)[C@@H]1c3ccccc3[C@H]2[C@@H]2[C@H]1[C@H]1C=C[C@@H]2C1. The van der Waals surface area contributed by atoms with E-state index in [-0.39, 0.29) is 23.1 Å². The predicted molar refractivity (Wildman–Crippen MR) is 85.5 cm³/mol. The fourth-order valence-corrected chi connectivity index (χ4v) is 6.09. The lowest BCUT2D eigenvalue weighted by Crippen LogP contribution is -2.47. The van der Waals surface area contributed by atoms with Crippen molar-refractivity contribution in [1.29, 1.82) is 0 Å². The second kappa shape index (κ2) is 3.75. The van der Waals surface area contributed by atoms with E-state index in [9.17, 15) is 9.59 Å². The highest BCUT2D eigenvalue weighted by molar-refractivity contribution is 5.55. The number of allylic oxidation sites excluding steroid dienone is 2. The van der Waals surface area contributed by atoms with E-state index in [1.165, 1.54) is 17.5 Å². The van der Waals surface area contributed by atoms with E-state index in [1.807, 2.05) is 0 Å². The molecule has 0 spiro atoms. The first kappa shape index (κ1) is 12.1. The summed E-state index contributed by atoms with van der Waals surface area (Å²) in [6.07, 6.45) is 5.92. The molecule has 23 heavy (non-hydrogen) atoms. The third-order valence-corrected chi connectivity index (χ3v) is 6.65. The molecule has 2 aromatic rings. The Bertz CT molecular complexity index is 999. The zero-order valence-electron chi connectivity index (χ0n) is 12.5. The molecule has 0 amide bonds. The van der Waals surface area contributed by atoms with Crippen molar-refractivity contribution < 1.29 is 0 Å². The smallest absolute Gasteiger partial charge is 0.310 e. The molecule has 0 aliphatic heterocycles. The second-order valence-electron chi connectivity index (χ2n) is 7.42. The van der Waals surface area contributed by atoms with Gasteiger partial charge in [-0.15, -0.1) is 0 Å². The molecule has 0 radical (unpaired) electrons. The van der Waals surface area contributed by atoms with Crippen LogP contribution in [0.2, 0.25) is 0 Å². The van der Waals surface area contributed by atoms with E-state index in [1.54, 1.807) is 0 Å². The Balaban J connectivity index is 1.74. The first-order valence-corrected chi connectivity index (χ1v) is 8.37. The Morgan fingerprint density at radius 1 is 0.870 bits per heavy atom. The summed E-state index contributed by atoms with van der Waals surface area (Å²) in [5.74, 6) is 2.47. The molecule has 1 saturated carbocycles. The van der Waals surface area contributed by atoms with Crippen LogP contribution in [-0.2, 0) is 0 Å². The molecule has 5 aliphatic carbocycles. The summed E-state index contributed by atoms with van der Waals surface area (Å²) < 4.78 is 0. The molecule has 1 aromatic carbocycles. The van der Waals surface area contributed by atoms with Crippen molar-refractivity contribution in [1.82, 2.24) is 9.97 Å². The Morgan fingerprint density at radius 2 is 1.52 bits per heavy atom. The van der Waals surface area contributed by atoms with Gasteiger partial charge in [0.15, 0.2) is 0 Å². The number of hydrogen-bond donors (Lipinski definition) is 2. The van der Waals surface area contributed by atoms with Crippen molar-refractivity contribution in [2.75, 3.05) is 0 Å². The van der Waals surface area contributed by atoms with Crippen LogP contribution in [0, 0.1) is 23.7 Å². The van der Waals surface area contributed by atoms with Crippen LogP contribution in [0.4, 0.5) is 0 Å². The molecule has 4 nitrogen and oxygen atoms in total. The second-order valence-corrected chi connectivity index (χ2v) is 7.42. The van der Waals surface area contributed by atoms with Crippen LogP contribution in [-0.4, -0.2) is 9.97 Å². The molecule has 0 unspecified atom stereocenters. The van der Waals surface area contributed by atoms with Crippen LogP contribution in [0.15, 0.2) is 46.0 Å². The summed E-state index contributed by atoms with van der Waals surface area (Å²) in [7, 11) is 0. The molecule has 7 rings (SSSR count). The van der Waals surface area contributed by atoms with Gasteiger partial charge >= 0.3 is 5.69 Å². The van der Waals surface area contributed by atoms with Crippen LogP contribution in [0.5, 0.6) is 0 Å². The van der Waals surface area contributed by atoms with E-state index >= 15 is 0 Å². The molecular formula is C19H16N2O2. The largest absolute Gasteiger partial charge is 0.325 e. The fourth-order valence-electron chi connectivity index (χ4n) is 6.09. The Kier molecular flexibility index (Phi) is 1.98. The molecule has 114 valence electrons. The molecule has 0 saturated heterocycles. The van der Waals surface area contributed by atoms with Gasteiger partial charge in [0.2, 0.25) is 0 Å². The molecule has 1 aromatic heterocycles. The molecule has 6 atom stereocenters. The molecule has 2 N–H and O–H groups in total. The zero-order valence-corrected chi connectivity index (χ0v) is 12.5. The molecule has 5 aliphatic rings. The Morgan fingerprint density at radius 3 is 2.26 bits per heavy atom. The minimum atomic E-state index is -0.381. The lowest BCUT2D eigenvalue weighted by molar-refractivity contribution is 0.208. The lowest BCUT2D eigenvalue weighted by atomic mass is 9.53. The first-order chi connectivity index (χ1) is 11.2. The number of fused-ring (bicyclic) bond motifs is 2. The summed E-state index contributed by atoms with van der Waals surface area (Å²) in [4.78, 5) is 29.9. The van der Waals surface area contributed by atoms with Gasteiger partial charge < -0.3 is 4.98 Å².